The van der Waals surface area contributed by atoms with Crippen molar-refractivity contribution in [2.75, 3.05) is 6.61 Å². The fraction of sp³-hybridized carbons (Fsp3) is 0.769. The van der Waals surface area contributed by atoms with E-state index in [0.29, 0.717) is 12.5 Å². The monoisotopic (exact) mass is 254 g/mol. The third-order valence-electron chi connectivity index (χ3n) is 3.45. The van der Waals surface area contributed by atoms with Gasteiger partial charge in [0.15, 0.2) is 0 Å². The Morgan fingerprint density at radius 2 is 2.24 bits per heavy atom. The molecule has 0 aromatic carbocycles. The van der Waals surface area contributed by atoms with Crippen molar-refractivity contribution < 1.29 is 4.74 Å². The Bertz CT molecular complexity index is 334. The van der Waals surface area contributed by atoms with Gasteiger partial charge in [-0.25, -0.2) is 4.98 Å². The van der Waals surface area contributed by atoms with Gasteiger partial charge in [0.05, 0.1) is 5.69 Å². The van der Waals surface area contributed by atoms with Crippen molar-refractivity contribution in [1.29, 1.82) is 0 Å². The van der Waals surface area contributed by atoms with Crippen LogP contribution in [0.2, 0.25) is 0 Å². The lowest BCUT2D eigenvalue weighted by atomic mass is 9.85. The summed E-state index contributed by atoms with van der Waals surface area (Å²) in [6.45, 7) is 3.35. The molecular weight excluding hydrogens is 232 g/mol. The molecular formula is C13H22N2OS. The zero-order valence-corrected chi connectivity index (χ0v) is 11.3. The maximum Gasteiger partial charge on any atom is 0.122 e. The summed E-state index contributed by atoms with van der Waals surface area (Å²) in [5, 5.41) is 3.18. The van der Waals surface area contributed by atoms with Gasteiger partial charge in [-0.05, 0) is 25.7 Å². The third kappa shape index (κ3) is 3.27. The highest BCUT2D eigenvalue weighted by Gasteiger charge is 2.27. The molecule has 1 aliphatic carbocycles. The minimum atomic E-state index is 0.200. The Labute approximate surface area is 107 Å². The molecule has 1 saturated carbocycles. The van der Waals surface area contributed by atoms with Crippen LogP contribution in [0.3, 0.4) is 0 Å². The third-order valence-corrected chi connectivity index (χ3v) is 4.40. The van der Waals surface area contributed by atoms with Crippen molar-refractivity contribution >= 4 is 11.3 Å². The predicted octanol–water partition coefficient (Wildman–Crippen LogP) is 3.26. The molecule has 2 N–H and O–H groups in total. The molecule has 4 heteroatoms. The van der Waals surface area contributed by atoms with E-state index in [2.05, 4.69) is 17.3 Å². The van der Waals surface area contributed by atoms with Crippen molar-refractivity contribution in [2.45, 2.75) is 51.7 Å². The van der Waals surface area contributed by atoms with Gasteiger partial charge in [0.2, 0.25) is 0 Å². The van der Waals surface area contributed by atoms with Crippen LogP contribution in [0.1, 0.15) is 55.8 Å². The van der Waals surface area contributed by atoms with Crippen molar-refractivity contribution in [3.63, 3.8) is 0 Å². The van der Waals surface area contributed by atoms with Crippen molar-refractivity contribution in [1.82, 2.24) is 4.98 Å². The summed E-state index contributed by atoms with van der Waals surface area (Å²) in [4.78, 5) is 4.59. The minimum absolute atomic E-state index is 0.200. The van der Waals surface area contributed by atoms with E-state index in [-0.39, 0.29) is 6.10 Å². The first-order chi connectivity index (χ1) is 8.35. The predicted molar refractivity (Wildman–Crippen MR) is 70.9 cm³/mol. The second-order valence-corrected chi connectivity index (χ2v) is 5.54. The maximum atomic E-state index is 5.93. The highest BCUT2D eigenvalue weighted by atomic mass is 32.1. The lowest BCUT2D eigenvalue weighted by Gasteiger charge is -2.28. The maximum absolute atomic E-state index is 5.93. The normalized spacial score (nSPS) is 19.4. The van der Waals surface area contributed by atoms with Gasteiger partial charge in [0.1, 0.15) is 11.1 Å². The molecule has 0 amide bonds. The molecule has 0 radical (unpaired) electrons. The molecule has 1 aromatic rings. The van der Waals surface area contributed by atoms with Crippen LogP contribution in [-0.4, -0.2) is 11.6 Å². The topological polar surface area (TPSA) is 48.1 Å². The van der Waals surface area contributed by atoms with Crippen LogP contribution in [0.25, 0.3) is 0 Å². The number of hydrogen-bond donors (Lipinski definition) is 1. The molecule has 96 valence electrons. The number of thiazole rings is 1. The average molecular weight is 254 g/mol. The fourth-order valence-electron chi connectivity index (χ4n) is 2.57. The van der Waals surface area contributed by atoms with Gasteiger partial charge >= 0.3 is 0 Å². The Morgan fingerprint density at radius 1 is 1.47 bits per heavy atom. The molecule has 1 fully saturated rings. The highest BCUT2D eigenvalue weighted by Crippen LogP contribution is 2.37. The van der Waals surface area contributed by atoms with Crippen molar-refractivity contribution in [2.24, 2.45) is 11.7 Å². The Kier molecular flexibility index (Phi) is 4.95. The van der Waals surface area contributed by atoms with Crippen LogP contribution < -0.4 is 5.73 Å². The van der Waals surface area contributed by atoms with Gasteiger partial charge in [-0.1, -0.05) is 19.3 Å². The largest absolute Gasteiger partial charge is 0.371 e. The van der Waals surface area contributed by atoms with E-state index in [1.54, 1.807) is 11.3 Å². The van der Waals surface area contributed by atoms with Gasteiger partial charge in [0.25, 0.3) is 0 Å². The summed E-state index contributed by atoms with van der Waals surface area (Å²) in [6, 6.07) is 0. The van der Waals surface area contributed by atoms with Crippen molar-refractivity contribution in [3.8, 4) is 0 Å². The van der Waals surface area contributed by atoms with Crippen LogP contribution in [0.5, 0.6) is 0 Å². The molecule has 0 aliphatic heterocycles. The van der Waals surface area contributed by atoms with E-state index in [1.165, 1.54) is 32.1 Å². The molecule has 1 aliphatic rings. The molecule has 1 heterocycles. The fourth-order valence-corrected chi connectivity index (χ4v) is 3.54. The zero-order chi connectivity index (χ0) is 12.1. The van der Waals surface area contributed by atoms with E-state index in [1.807, 2.05) is 0 Å². The van der Waals surface area contributed by atoms with E-state index >= 15 is 0 Å². The molecule has 2 rings (SSSR count). The van der Waals surface area contributed by atoms with E-state index in [4.69, 9.17) is 10.5 Å². The van der Waals surface area contributed by atoms with E-state index in [9.17, 15) is 0 Å². The van der Waals surface area contributed by atoms with Crippen LogP contribution in [0.15, 0.2) is 5.38 Å². The van der Waals surface area contributed by atoms with Gasteiger partial charge in [0, 0.05) is 18.5 Å². The number of rotatable bonds is 5. The summed E-state index contributed by atoms with van der Waals surface area (Å²) < 4.78 is 5.93. The van der Waals surface area contributed by atoms with Gasteiger partial charge in [-0.3, -0.25) is 0 Å². The summed E-state index contributed by atoms with van der Waals surface area (Å²) >= 11 is 1.70. The number of nitrogens with zero attached hydrogens (tertiary/aromatic N) is 1. The molecule has 0 saturated heterocycles. The SMILES string of the molecule is CCOC(c1nc(CN)cs1)C1CCCCC1. The van der Waals surface area contributed by atoms with Crippen LogP contribution in [-0.2, 0) is 11.3 Å². The Balaban J connectivity index is 2.09. The first kappa shape index (κ1) is 13.0. The molecule has 17 heavy (non-hydrogen) atoms. The highest BCUT2D eigenvalue weighted by molar-refractivity contribution is 7.09. The number of hydrogen-bond acceptors (Lipinski definition) is 4. The molecule has 0 bridgehead atoms. The van der Waals surface area contributed by atoms with Gasteiger partial charge in [-0.2, -0.15) is 0 Å². The lowest BCUT2D eigenvalue weighted by molar-refractivity contribution is 0.00543. The molecule has 1 aromatic heterocycles. The number of ether oxygens (including phenoxy) is 1. The first-order valence-electron chi connectivity index (χ1n) is 6.61. The summed E-state index contributed by atoms with van der Waals surface area (Å²) in [7, 11) is 0. The summed E-state index contributed by atoms with van der Waals surface area (Å²) in [5.41, 5.74) is 6.61. The lowest BCUT2D eigenvalue weighted by Crippen LogP contribution is -2.19. The second-order valence-electron chi connectivity index (χ2n) is 4.66. The van der Waals surface area contributed by atoms with Gasteiger partial charge < -0.3 is 10.5 Å². The van der Waals surface area contributed by atoms with Gasteiger partial charge in [-0.15, -0.1) is 11.3 Å². The molecule has 1 unspecified atom stereocenters. The van der Waals surface area contributed by atoms with Crippen LogP contribution in [0.4, 0.5) is 0 Å². The standard InChI is InChI=1S/C13H22N2OS/c1-2-16-12(10-6-4-3-5-7-10)13-15-11(8-14)9-17-13/h9-10,12H,2-8,14H2,1H3. The molecule has 3 nitrogen and oxygen atoms in total. The molecule has 0 spiro atoms. The Morgan fingerprint density at radius 3 is 2.82 bits per heavy atom. The number of nitrogens with two attached hydrogens (primary N) is 1. The van der Waals surface area contributed by atoms with Crippen molar-refractivity contribution in [3.05, 3.63) is 16.1 Å². The number of aromatic nitrogens is 1. The second kappa shape index (κ2) is 6.47. The molecule has 1 atom stereocenters. The van der Waals surface area contributed by atoms with Crippen LogP contribution in [0, 0.1) is 5.92 Å². The Hall–Kier alpha value is -0.450. The zero-order valence-electron chi connectivity index (χ0n) is 10.5. The minimum Gasteiger partial charge on any atom is -0.371 e. The van der Waals surface area contributed by atoms with Crippen LogP contribution >= 0.6 is 11.3 Å². The summed E-state index contributed by atoms with van der Waals surface area (Å²) in [5.74, 6) is 0.653. The average Bonchev–Trinajstić information content (AvgIpc) is 2.85. The summed E-state index contributed by atoms with van der Waals surface area (Å²) in [6.07, 6.45) is 6.81. The van der Waals surface area contributed by atoms with E-state index < -0.39 is 0 Å². The smallest absolute Gasteiger partial charge is 0.122 e. The van der Waals surface area contributed by atoms with E-state index in [0.717, 1.165) is 17.3 Å². The first-order valence-corrected chi connectivity index (χ1v) is 7.49. The quantitative estimate of drug-likeness (QED) is 0.877.